The highest BCUT2D eigenvalue weighted by atomic mass is 16.1. The SMILES string of the molecule is NC(N)([C]=O)CCCCC[C]=O. The maximum absolute atomic E-state index is 10.1. The normalized spacial score (nSPS) is 11.2. The lowest BCUT2D eigenvalue weighted by Crippen LogP contribution is -2.50. The molecule has 0 heterocycles. The van der Waals surface area contributed by atoms with E-state index in [0.29, 0.717) is 12.8 Å². The lowest BCUT2D eigenvalue weighted by atomic mass is 10.0. The van der Waals surface area contributed by atoms with Crippen molar-refractivity contribution in [3.63, 3.8) is 0 Å². The average molecular weight is 170 g/mol. The lowest BCUT2D eigenvalue weighted by Gasteiger charge is -2.14. The first kappa shape index (κ1) is 11.3. The highest BCUT2D eigenvalue weighted by Gasteiger charge is 2.17. The Morgan fingerprint density at radius 2 is 1.75 bits per heavy atom. The molecule has 0 atom stereocenters. The van der Waals surface area contributed by atoms with Gasteiger partial charge in [-0.25, -0.2) is 0 Å². The van der Waals surface area contributed by atoms with Crippen molar-refractivity contribution in [2.75, 3.05) is 0 Å². The van der Waals surface area contributed by atoms with Crippen LogP contribution >= 0.6 is 0 Å². The summed E-state index contributed by atoms with van der Waals surface area (Å²) in [6, 6.07) is 0. The van der Waals surface area contributed by atoms with Gasteiger partial charge in [0, 0.05) is 6.42 Å². The van der Waals surface area contributed by atoms with Gasteiger partial charge >= 0.3 is 0 Å². The molecule has 0 aromatic rings. The highest BCUT2D eigenvalue weighted by molar-refractivity contribution is 5.63. The second kappa shape index (κ2) is 5.85. The first-order valence-electron chi connectivity index (χ1n) is 3.94. The summed E-state index contributed by atoms with van der Waals surface area (Å²) in [7, 11) is 0. The molecule has 68 valence electrons. The molecule has 0 aliphatic carbocycles. The molecule has 4 heteroatoms. The van der Waals surface area contributed by atoms with Crippen LogP contribution in [0.1, 0.15) is 32.1 Å². The van der Waals surface area contributed by atoms with Crippen LogP contribution in [-0.2, 0) is 9.59 Å². The first-order valence-corrected chi connectivity index (χ1v) is 3.94. The van der Waals surface area contributed by atoms with Gasteiger partial charge in [-0.2, -0.15) is 0 Å². The molecule has 0 unspecified atom stereocenters. The third-order valence-corrected chi connectivity index (χ3v) is 1.56. The van der Waals surface area contributed by atoms with Crippen LogP contribution in [0.5, 0.6) is 0 Å². The minimum absolute atomic E-state index is 0.412. The summed E-state index contributed by atoms with van der Waals surface area (Å²) < 4.78 is 0. The van der Waals surface area contributed by atoms with Gasteiger partial charge in [-0.3, -0.25) is 9.59 Å². The molecule has 0 saturated carbocycles. The maximum Gasteiger partial charge on any atom is 0.235 e. The number of rotatable bonds is 7. The van der Waals surface area contributed by atoms with E-state index in [1.54, 1.807) is 12.6 Å². The molecule has 12 heavy (non-hydrogen) atoms. The molecule has 0 saturated heterocycles. The van der Waals surface area contributed by atoms with Crippen molar-refractivity contribution in [2.24, 2.45) is 11.5 Å². The van der Waals surface area contributed by atoms with Crippen molar-refractivity contribution in [1.29, 1.82) is 0 Å². The summed E-state index contributed by atoms with van der Waals surface area (Å²) in [6.45, 7) is 0. The monoisotopic (exact) mass is 170 g/mol. The van der Waals surface area contributed by atoms with E-state index < -0.39 is 5.66 Å². The second-order valence-electron chi connectivity index (χ2n) is 2.85. The van der Waals surface area contributed by atoms with Crippen LogP contribution in [0.4, 0.5) is 0 Å². The van der Waals surface area contributed by atoms with Crippen molar-refractivity contribution in [1.82, 2.24) is 0 Å². The van der Waals surface area contributed by atoms with Crippen LogP contribution < -0.4 is 11.5 Å². The molecule has 0 fully saturated rings. The molecule has 4 N–H and O–H groups in total. The van der Waals surface area contributed by atoms with E-state index in [-0.39, 0.29) is 0 Å². The zero-order chi connectivity index (χ0) is 9.45. The summed E-state index contributed by atoms with van der Waals surface area (Å²) in [4.78, 5) is 19.9. The summed E-state index contributed by atoms with van der Waals surface area (Å²) in [5.74, 6) is 0. The zero-order valence-corrected chi connectivity index (χ0v) is 7.01. The van der Waals surface area contributed by atoms with E-state index in [0.717, 1.165) is 19.3 Å². The number of nitrogens with two attached hydrogens (primary N) is 2. The van der Waals surface area contributed by atoms with E-state index in [9.17, 15) is 9.59 Å². The molecule has 0 aliphatic heterocycles. The van der Waals surface area contributed by atoms with E-state index in [1.807, 2.05) is 0 Å². The predicted molar refractivity (Wildman–Crippen MR) is 45.6 cm³/mol. The van der Waals surface area contributed by atoms with E-state index in [2.05, 4.69) is 0 Å². The number of hydrogen-bond donors (Lipinski definition) is 2. The second-order valence-corrected chi connectivity index (χ2v) is 2.85. The fraction of sp³-hybridized carbons (Fsp3) is 0.750. The number of hydrogen-bond acceptors (Lipinski definition) is 4. The van der Waals surface area contributed by atoms with Crippen molar-refractivity contribution in [3.8, 4) is 0 Å². The first-order chi connectivity index (χ1) is 5.62. The van der Waals surface area contributed by atoms with Gasteiger partial charge in [-0.05, 0) is 19.3 Å². The Kier molecular flexibility index (Phi) is 5.49. The quantitative estimate of drug-likeness (QED) is 0.408. The standard InChI is InChI=1S/C8H14N2O2/c9-8(10,7-12)5-3-1-2-4-6-11/h1-5,9-10H2. The summed E-state index contributed by atoms with van der Waals surface area (Å²) in [5.41, 5.74) is 9.30. The van der Waals surface area contributed by atoms with Gasteiger partial charge in [0.05, 0.1) is 0 Å². The summed E-state index contributed by atoms with van der Waals surface area (Å²) in [6.07, 6.45) is 6.56. The zero-order valence-electron chi connectivity index (χ0n) is 7.01. The van der Waals surface area contributed by atoms with Crippen LogP contribution in [0.3, 0.4) is 0 Å². The topological polar surface area (TPSA) is 86.2 Å². The van der Waals surface area contributed by atoms with Crippen LogP contribution in [-0.4, -0.2) is 18.2 Å². The Balaban J connectivity index is 3.30. The fourth-order valence-electron chi connectivity index (χ4n) is 0.842. The highest BCUT2D eigenvalue weighted by Crippen LogP contribution is 2.06. The van der Waals surface area contributed by atoms with Crippen molar-refractivity contribution >= 4 is 12.6 Å². The molecule has 0 bridgehead atoms. The third-order valence-electron chi connectivity index (χ3n) is 1.56. The Hall–Kier alpha value is -0.740. The van der Waals surface area contributed by atoms with Gasteiger partial charge in [-0.15, -0.1) is 0 Å². The average Bonchev–Trinajstić information content (AvgIpc) is 2.04. The minimum Gasteiger partial charge on any atom is -0.307 e. The third kappa shape index (κ3) is 6.00. The number of unbranched alkanes of at least 4 members (excludes halogenated alkanes) is 3. The molecular weight excluding hydrogens is 156 g/mol. The van der Waals surface area contributed by atoms with Gasteiger partial charge in [0.1, 0.15) is 5.66 Å². The molecular formula is C8H14N2O2. The van der Waals surface area contributed by atoms with Crippen LogP contribution in [0.15, 0.2) is 0 Å². The molecule has 0 aromatic heterocycles. The van der Waals surface area contributed by atoms with Gasteiger partial charge in [-0.1, -0.05) is 6.42 Å². The smallest absolute Gasteiger partial charge is 0.235 e. The van der Waals surface area contributed by atoms with Gasteiger partial charge < -0.3 is 11.5 Å². The minimum atomic E-state index is -1.31. The lowest BCUT2D eigenvalue weighted by molar-refractivity contribution is 0.450. The Bertz CT molecular complexity index is 146. The van der Waals surface area contributed by atoms with E-state index >= 15 is 0 Å². The van der Waals surface area contributed by atoms with Crippen molar-refractivity contribution in [3.05, 3.63) is 0 Å². The molecule has 0 spiro atoms. The van der Waals surface area contributed by atoms with Gasteiger partial charge in [0.25, 0.3) is 0 Å². The largest absolute Gasteiger partial charge is 0.307 e. The molecule has 0 aliphatic rings. The molecule has 0 amide bonds. The van der Waals surface area contributed by atoms with E-state index in [1.165, 1.54) is 0 Å². The van der Waals surface area contributed by atoms with E-state index in [4.69, 9.17) is 11.5 Å². The van der Waals surface area contributed by atoms with Crippen LogP contribution in [0, 0.1) is 0 Å². The van der Waals surface area contributed by atoms with Crippen molar-refractivity contribution < 1.29 is 9.59 Å². The molecule has 0 rings (SSSR count). The summed E-state index contributed by atoms with van der Waals surface area (Å²) >= 11 is 0. The van der Waals surface area contributed by atoms with Gasteiger partial charge in [0.15, 0.2) is 6.29 Å². The van der Waals surface area contributed by atoms with Crippen LogP contribution in [0.25, 0.3) is 0 Å². The van der Waals surface area contributed by atoms with Crippen LogP contribution in [0.2, 0.25) is 0 Å². The molecule has 4 nitrogen and oxygen atoms in total. The fourth-order valence-corrected chi connectivity index (χ4v) is 0.842. The number of carbonyl (C=O) groups excluding carboxylic acids is 2. The Morgan fingerprint density at radius 3 is 2.25 bits per heavy atom. The Labute approximate surface area is 72.3 Å². The Morgan fingerprint density at radius 1 is 1.08 bits per heavy atom. The van der Waals surface area contributed by atoms with Crippen molar-refractivity contribution in [2.45, 2.75) is 37.8 Å². The molecule has 0 aromatic carbocycles. The maximum atomic E-state index is 10.1. The predicted octanol–water partition coefficient (Wildman–Crippen LogP) is -0.230. The summed E-state index contributed by atoms with van der Waals surface area (Å²) in [5, 5.41) is 0. The molecule has 2 radical (unpaired) electrons. The van der Waals surface area contributed by atoms with Gasteiger partial charge in [0.2, 0.25) is 6.29 Å².